The van der Waals surface area contributed by atoms with Crippen LogP contribution in [0.4, 0.5) is 18.9 Å². The SMILES string of the molecule is COC(=O)C(O)(c1ccc(N2C(=O)c3ccccc3C2=O)c(C)c1)C(F)(F)F. The molecule has 3 rings (SSSR count). The number of alkyl halides is 3. The van der Waals surface area contributed by atoms with Gasteiger partial charge in [-0.1, -0.05) is 24.3 Å². The van der Waals surface area contributed by atoms with Crippen molar-refractivity contribution < 1.29 is 37.4 Å². The number of halogens is 3. The summed E-state index contributed by atoms with van der Waals surface area (Å²) in [5.74, 6) is -3.13. The monoisotopic (exact) mass is 393 g/mol. The minimum Gasteiger partial charge on any atom is -0.466 e. The molecule has 0 aliphatic carbocycles. The van der Waals surface area contributed by atoms with Crippen molar-refractivity contribution in [1.82, 2.24) is 0 Å². The number of methoxy groups -OCH3 is 1. The number of carbonyl (C=O) groups excluding carboxylic acids is 3. The zero-order valence-electron chi connectivity index (χ0n) is 14.7. The van der Waals surface area contributed by atoms with Gasteiger partial charge in [0.25, 0.3) is 17.4 Å². The van der Waals surface area contributed by atoms with Gasteiger partial charge in [-0.05, 0) is 30.7 Å². The van der Waals surface area contributed by atoms with Crippen LogP contribution in [0.3, 0.4) is 0 Å². The Morgan fingerprint density at radius 3 is 2.00 bits per heavy atom. The molecule has 1 N–H and O–H groups in total. The van der Waals surface area contributed by atoms with E-state index in [2.05, 4.69) is 4.74 Å². The van der Waals surface area contributed by atoms with Gasteiger partial charge in [-0.2, -0.15) is 13.2 Å². The topological polar surface area (TPSA) is 83.9 Å². The lowest BCUT2D eigenvalue weighted by molar-refractivity contribution is -0.266. The lowest BCUT2D eigenvalue weighted by Gasteiger charge is -2.29. The van der Waals surface area contributed by atoms with Crippen LogP contribution in [-0.4, -0.2) is 36.2 Å². The van der Waals surface area contributed by atoms with Gasteiger partial charge < -0.3 is 9.84 Å². The van der Waals surface area contributed by atoms with Crippen LogP contribution in [0.25, 0.3) is 0 Å². The Kier molecular flexibility index (Phi) is 4.50. The van der Waals surface area contributed by atoms with Gasteiger partial charge in [-0.3, -0.25) is 9.59 Å². The fourth-order valence-electron chi connectivity index (χ4n) is 3.08. The Balaban J connectivity index is 2.08. The highest BCUT2D eigenvalue weighted by molar-refractivity contribution is 6.34. The smallest absolute Gasteiger partial charge is 0.432 e. The minimum atomic E-state index is -5.34. The van der Waals surface area contributed by atoms with Crippen LogP contribution in [0.2, 0.25) is 0 Å². The number of rotatable bonds is 3. The zero-order valence-corrected chi connectivity index (χ0v) is 14.7. The summed E-state index contributed by atoms with van der Waals surface area (Å²) in [6, 6.07) is 8.91. The number of nitrogens with zero attached hydrogens (tertiary/aromatic N) is 1. The molecular weight excluding hydrogens is 379 g/mol. The maximum atomic E-state index is 13.4. The number of hydrogen-bond acceptors (Lipinski definition) is 5. The molecule has 9 heteroatoms. The number of esters is 1. The molecule has 1 atom stereocenters. The van der Waals surface area contributed by atoms with E-state index < -0.39 is 35.1 Å². The van der Waals surface area contributed by atoms with E-state index in [1.807, 2.05) is 0 Å². The first kappa shape index (κ1) is 19.6. The summed E-state index contributed by atoms with van der Waals surface area (Å²) < 4.78 is 44.3. The van der Waals surface area contributed by atoms with Crippen molar-refractivity contribution >= 4 is 23.5 Å². The quantitative estimate of drug-likeness (QED) is 0.640. The number of anilines is 1. The highest BCUT2D eigenvalue weighted by Crippen LogP contribution is 2.41. The Hall–Kier alpha value is -3.20. The van der Waals surface area contributed by atoms with Crippen molar-refractivity contribution in [2.75, 3.05) is 12.0 Å². The Bertz CT molecular complexity index is 966. The van der Waals surface area contributed by atoms with Crippen molar-refractivity contribution in [3.63, 3.8) is 0 Å². The molecule has 2 aromatic rings. The average Bonchev–Trinajstić information content (AvgIpc) is 2.90. The molecule has 2 aromatic carbocycles. The molecule has 0 spiro atoms. The summed E-state index contributed by atoms with van der Waals surface area (Å²) in [5, 5.41) is 10.1. The van der Waals surface area contributed by atoms with E-state index in [4.69, 9.17) is 0 Å². The number of imide groups is 1. The van der Waals surface area contributed by atoms with Crippen LogP contribution in [0.1, 0.15) is 31.8 Å². The second kappa shape index (κ2) is 6.45. The van der Waals surface area contributed by atoms with E-state index in [0.717, 1.165) is 30.2 Å². The lowest BCUT2D eigenvalue weighted by Crippen LogP contribution is -2.50. The summed E-state index contributed by atoms with van der Waals surface area (Å²) in [4.78, 5) is 37.6. The Labute approximate surface area is 157 Å². The number of aryl methyl sites for hydroxylation is 1. The molecule has 1 unspecified atom stereocenters. The maximum Gasteiger partial charge on any atom is 0.432 e. The third-order valence-corrected chi connectivity index (χ3v) is 4.54. The van der Waals surface area contributed by atoms with Crippen LogP contribution >= 0.6 is 0 Å². The molecule has 28 heavy (non-hydrogen) atoms. The van der Waals surface area contributed by atoms with Crippen molar-refractivity contribution in [3.8, 4) is 0 Å². The van der Waals surface area contributed by atoms with Gasteiger partial charge in [0.1, 0.15) is 0 Å². The van der Waals surface area contributed by atoms with Crippen LogP contribution in [0, 0.1) is 6.92 Å². The van der Waals surface area contributed by atoms with Crippen LogP contribution in [0.5, 0.6) is 0 Å². The van der Waals surface area contributed by atoms with Gasteiger partial charge in [-0.15, -0.1) is 0 Å². The molecule has 1 aliphatic heterocycles. The predicted molar refractivity (Wildman–Crippen MR) is 90.7 cm³/mol. The van der Waals surface area contributed by atoms with Crippen molar-refractivity contribution in [2.24, 2.45) is 0 Å². The maximum absolute atomic E-state index is 13.4. The molecule has 0 radical (unpaired) electrons. The normalized spacial score (nSPS) is 16.0. The second-order valence-corrected chi connectivity index (χ2v) is 6.19. The van der Waals surface area contributed by atoms with Gasteiger partial charge in [0, 0.05) is 5.56 Å². The van der Waals surface area contributed by atoms with Crippen LogP contribution in [-0.2, 0) is 15.1 Å². The molecule has 1 heterocycles. The highest BCUT2D eigenvalue weighted by Gasteiger charge is 2.62. The van der Waals surface area contributed by atoms with E-state index in [-0.39, 0.29) is 22.4 Å². The molecule has 0 aromatic heterocycles. The van der Waals surface area contributed by atoms with E-state index in [0.29, 0.717) is 0 Å². The third-order valence-electron chi connectivity index (χ3n) is 4.54. The van der Waals surface area contributed by atoms with Crippen LogP contribution < -0.4 is 4.90 Å². The van der Waals surface area contributed by atoms with Gasteiger partial charge in [-0.25, -0.2) is 9.69 Å². The van der Waals surface area contributed by atoms with Crippen molar-refractivity contribution in [3.05, 3.63) is 64.7 Å². The summed E-state index contributed by atoms with van der Waals surface area (Å²) >= 11 is 0. The fraction of sp³-hybridized carbons (Fsp3) is 0.211. The number of fused-ring (bicyclic) bond motifs is 1. The van der Waals surface area contributed by atoms with E-state index in [9.17, 15) is 32.7 Å². The molecular formula is C19H14F3NO5. The molecule has 2 amide bonds. The zero-order chi connectivity index (χ0) is 20.9. The van der Waals surface area contributed by atoms with Gasteiger partial charge in [0.05, 0.1) is 23.9 Å². The Morgan fingerprint density at radius 2 is 1.57 bits per heavy atom. The van der Waals surface area contributed by atoms with E-state index >= 15 is 0 Å². The van der Waals surface area contributed by atoms with Crippen molar-refractivity contribution in [2.45, 2.75) is 18.7 Å². The second-order valence-electron chi connectivity index (χ2n) is 6.19. The first-order valence-electron chi connectivity index (χ1n) is 8.00. The summed E-state index contributed by atoms with van der Waals surface area (Å²) in [6.07, 6.45) is -5.34. The van der Waals surface area contributed by atoms with Gasteiger partial charge in [0.2, 0.25) is 0 Å². The number of hydrogen-bond donors (Lipinski definition) is 1. The molecule has 0 fully saturated rings. The fourth-order valence-corrected chi connectivity index (χ4v) is 3.08. The largest absolute Gasteiger partial charge is 0.466 e. The summed E-state index contributed by atoms with van der Waals surface area (Å²) in [6.45, 7) is 1.36. The van der Waals surface area contributed by atoms with E-state index in [1.54, 1.807) is 12.1 Å². The minimum absolute atomic E-state index is 0.0457. The molecule has 146 valence electrons. The average molecular weight is 393 g/mol. The predicted octanol–water partition coefficient (Wildman–Crippen LogP) is 2.72. The molecule has 0 bridgehead atoms. The van der Waals surface area contributed by atoms with Crippen molar-refractivity contribution in [1.29, 1.82) is 0 Å². The standard InChI is InChI=1S/C19H14F3NO5/c1-10-9-11(18(27,17(26)28-2)19(20,21)22)7-8-14(10)23-15(24)12-5-3-4-6-13(12)16(23)25/h3-9,27H,1-2H3. The third kappa shape index (κ3) is 2.66. The van der Waals surface area contributed by atoms with Gasteiger partial charge >= 0.3 is 12.1 Å². The highest BCUT2D eigenvalue weighted by atomic mass is 19.4. The van der Waals surface area contributed by atoms with Gasteiger partial charge in [0.15, 0.2) is 0 Å². The Morgan fingerprint density at radius 1 is 1.04 bits per heavy atom. The molecule has 0 saturated carbocycles. The first-order chi connectivity index (χ1) is 13.0. The summed E-state index contributed by atoms with van der Waals surface area (Å²) in [5.41, 5.74) is -4.19. The number of carbonyl (C=O) groups is 3. The molecule has 1 aliphatic rings. The summed E-state index contributed by atoms with van der Waals surface area (Å²) in [7, 11) is 0.721. The lowest BCUT2D eigenvalue weighted by atomic mass is 9.91. The molecule has 0 saturated heterocycles. The van der Waals surface area contributed by atoms with Crippen LogP contribution in [0.15, 0.2) is 42.5 Å². The number of ether oxygens (including phenoxy) is 1. The number of aliphatic hydroxyl groups is 1. The van der Waals surface area contributed by atoms with E-state index in [1.165, 1.54) is 19.1 Å². The number of benzene rings is 2. The first-order valence-corrected chi connectivity index (χ1v) is 8.00. The number of amides is 2. The molecule has 6 nitrogen and oxygen atoms in total.